The summed E-state index contributed by atoms with van der Waals surface area (Å²) in [4.78, 5) is 38.0. The molecule has 0 aliphatic rings. The number of hydrogen-bond acceptors (Lipinski definition) is 6. The van der Waals surface area contributed by atoms with Crippen molar-refractivity contribution in [3.05, 3.63) is 99.1 Å². The van der Waals surface area contributed by atoms with Crippen molar-refractivity contribution in [1.29, 1.82) is 0 Å². The molecule has 9 heteroatoms. The van der Waals surface area contributed by atoms with E-state index in [-0.39, 0.29) is 16.4 Å². The molecule has 0 bridgehead atoms. The molecule has 1 amide bonds. The van der Waals surface area contributed by atoms with Crippen LogP contribution in [0.15, 0.2) is 72.8 Å². The van der Waals surface area contributed by atoms with Crippen LogP contribution in [-0.2, 0) is 9.53 Å². The lowest BCUT2D eigenvalue weighted by molar-refractivity contribution is -0.384. The van der Waals surface area contributed by atoms with Crippen LogP contribution in [-0.4, -0.2) is 30.9 Å². The largest absolute Gasteiger partial charge is 0.444 e. The molecular weight excluding hydrogens is 434 g/mol. The van der Waals surface area contributed by atoms with E-state index < -0.39 is 22.9 Å². The van der Waals surface area contributed by atoms with E-state index in [4.69, 9.17) is 16.3 Å². The molecule has 8 nitrogen and oxygen atoms in total. The maximum Gasteiger partial charge on any atom is 0.339 e. The Bertz CT molecular complexity index is 1150. The smallest absolute Gasteiger partial charge is 0.339 e. The summed E-state index contributed by atoms with van der Waals surface area (Å²) in [6.07, 6.45) is -1.27. The van der Waals surface area contributed by atoms with Crippen molar-refractivity contribution in [1.82, 2.24) is 0 Å². The molecule has 0 radical (unpaired) electrons. The monoisotopic (exact) mass is 453 g/mol. The highest BCUT2D eigenvalue weighted by atomic mass is 35.5. The van der Waals surface area contributed by atoms with Crippen LogP contribution < -0.4 is 10.2 Å². The standard InChI is InChI=1S/C23H20ClN3O5/c1-26(2)17-10-6-9-16(13-17)23(29)32-21(15-7-4-3-5-8-15)22(28)25-20-12-11-18(27(30)31)14-19(20)24/h3-14,21H,1-2H3,(H,25,28). The molecule has 0 saturated heterocycles. The Morgan fingerprint density at radius 2 is 1.75 bits per heavy atom. The first-order valence-corrected chi connectivity index (χ1v) is 9.92. The number of non-ortho nitro benzene ring substituents is 1. The molecule has 0 spiro atoms. The molecule has 3 aromatic rings. The first kappa shape index (κ1) is 22.8. The highest BCUT2D eigenvalue weighted by Crippen LogP contribution is 2.29. The number of ether oxygens (including phenoxy) is 1. The minimum atomic E-state index is -1.27. The van der Waals surface area contributed by atoms with E-state index in [9.17, 15) is 19.7 Å². The van der Waals surface area contributed by atoms with Crippen molar-refractivity contribution >= 4 is 40.5 Å². The summed E-state index contributed by atoms with van der Waals surface area (Å²) in [5, 5.41) is 13.5. The second-order valence-corrected chi connectivity index (χ2v) is 7.46. The number of halogens is 1. The van der Waals surface area contributed by atoms with Crippen LogP contribution in [0.1, 0.15) is 22.0 Å². The number of nitro groups is 1. The molecule has 0 aromatic heterocycles. The average molecular weight is 454 g/mol. The fourth-order valence-corrected chi connectivity index (χ4v) is 3.13. The molecule has 0 aliphatic heterocycles. The van der Waals surface area contributed by atoms with Crippen molar-refractivity contribution in [2.75, 3.05) is 24.3 Å². The van der Waals surface area contributed by atoms with Gasteiger partial charge in [0.2, 0.25) is 6.10 Å². The van der Waals surface area contributed by atoms with Crippen molar-refractivity contribution in [2.45, 2.75) is 6.10 Å². The summed E-state index contributed by atoms with van der Waals surface area (Å²) < 4.78 is 5.57. The van der Waals surface area contributed by atoms with E-state index >= 15 is 0 Å². The summed E-state index contributed by atoms with van der Waals surface area (Å²) in [6, 6.07) is 19.0. The Balaban J connectivity index is 1.87. The third-order valence-corrected chi connectivity index (χ3v) is 4.90. The molecule has 0 saturated carbocycles. The van der Waals surface area contributed by atoms with Crippen LogP contribution in [0, 0.1) is 10.1 Å². The van der Waals surface area contributed by atoms with Crippen LogP contribution in [0.2, 0.25) is 5.02 Å². The lowest BCUT2D eigenvalue weighted by atomic mass is 10.1. The molecule has 164 valence electrons. The summed E-state index contributed by atoms with van der Waals surface area (Å²) in [5.41, 5.74) is 1.50. The molecule has 3 aromatic carbocycles. The second kappa shape index (κ2) is 9.93. The lowest BCUT2D eigenvalue weighted by Crippen LogP contribution is -2.26. The number of carbonyl (C=O) groups excluding carboxylic acids is 2. The highest BCUT2D eigenvalue weighted by Gasteiger charge is 2.27. The predicted octanol–water partition coefficient (Wildman–Crippen LogP) is 4.85. The molecule has 32 heavy (non-hydrogen) atoms. The SMILES string of the molecule is CN(C)c1cccc(C(=O)OC(C(=O)Nc2ccc([N+](=O)[O-])cc2Cl)c2ccccc2)c1. The molecule has 1 atom stereocenters. The first-order valence-electron chi connectivity index (χ1n) is 9.54. The van der Waals surface area contributed by atoms with Gasteiger partial charge in [-0.15, -0.1) is 0 Å². The molecule has 3 rings (SSSR count). The van der Waals surface area contributed by atoms with Gasteiger partial charge in [0.25, 0.3) is 11.6 Å². The number of esters is 1. The van der Waals surface area contributed by atoms with Crippen molar-refractivity contribution in [3.8, 4) is 0 Å². The lowest BCUT2D eigenvalue weighted by Gasteiger charge is -2.19. The van der Waals surface area contributed by atoms with Gasteiger partial charge in [0.1, 0.15) is 0 Å². The Labute approximate surface area is 189 Å². The van der Waals surface area contributed by atoms with Gasteiger partial charge in [0.15, 0.2) is 0 Å². The van der Waals surface area contributed by atoms with Gasteiger partial charge < -0.3 is 15.0 Å². The highest BCUT2D eigenvalue weighted by molar-refractivity contribution is 6.34. The van der Waals surface area contributed by atoms with Gasteiger partial charge >= 0.3 is 5.97 Å². The number of anilines is 2. The number of amides is 1. The van der Waals surface area contributed by atoms with Crippen molar-refractivity contribution in [3.63, 3.8) is 0 Å². The number of nitrogens with zero attached hydrogens (tertiary/aromatic N) is 2. The van der Waals surface area contributed by atoms with E-state index in [1.807, 2.05) is 25.1 Å². The van der Waals surface area contributed by atoms with Gasteiger partial charge in [0.05, 0.1) is 21.2 Å². The third-order valence-electron chi connectivity index (χ3n) is 4.58. The average Bonchev–Trinajstić information content (AvgIpc) is 2.79. The summed E-state index contributed by atoms with van der Waals surface area (Å²) in [7, 11) is 3.69. The molecule has 1 N–H and O–H groups in total. The molecule has 0 aliphatic carbocycles. The number of benzene rings is 3. The predicted molar refractivity (Wildman–Crippen MR) is 122 cm³/mol. The molecular formula is C23H20ClN3O5. The van der Waals surface area contributed by atoms with E-state index in [0.29, 0.717) is 11.1 Å². The van der Waals surface area contributed by atoms with Gasteiger partial charge in [-0.05, 0) is 24.3 Å². The summed E-state index contributed by atoms with van der Waals surface area (Å²) in [6.45, 7) is 0. The maximum absolute atomic E-state index is 13.0. The minimum absolute atomic E-state index is 0.00984. The minimum Gasteiger partial charge on any atom is -0.444 e. The maximum atomic E-state index is 13.0. The summed E-state index contributed by atoms with van der Waals surface area (Å²) in [5.74, 6) is -1.32. The van der Waals surface area contributed by atoms with Gasteiger partial charge in [0, 0.05) is 37.5 Å². The molecule has 1 unspecified atom stereocenters. The molecule has 0 fully saturated rings. The Hall–Kier alpha value is -3.91. The van der Waals surface area contributed by atoms with Crippen LogP contribution >= 0.6 is 11.6 Å². The van der Waals surface area contributed by atoms with E-state index in [0.717, 1.165) is 11.8 Å². The van der Waals surface area contributed by atoms with Gasteiger partial charge in [-0.2, -0.15) is 0 Å². The Morgan fingerprint density at radius 3 is 2.38 bits per heavy atom. The normalized spacial score (nSPS) is 11.3. The van der Waals surface area contributed by atoms with Crippen LogP contribution in [0.3, 0.4) is 0 Å². The van der Waals surface area contributed by atoms with Crippen molar-refractivity contribution < 1.29 is 19.2 Å². The Kier molecular flexibility index (Phi) is 7.07. The van der Waals surface area contributed by atoms with Gasteiger partial charge in [-0.25, -0.2) is 4.79 Å². The number of nitro benzene ring substituents is 1. The zero-order chi connectivity index (χ0) is 23.3. The third kappa shape index (κ3) is 5.41. The van der Waals surface area contributed by atoms with Gasteiger partial charge in [-0.1, -0.05) is 48.0 Å². The zero-order valence-electron chi connectivity index (χ0n) is 17.3. The number of hydrogen-bond donors (Lipinski definition) is 1. The first-order chi connectivity index (χ1) is 15.3. The van der Waals surface area contributed by atoms with Crippen LogP contribution in [0.25, 0.3) is 0 Å². The van der Waals surface area contributed by atoms with Crippen LogP contribution in [0.5, 0.6) is 0 Å². The van der Waals surface area contributed by atoms with E-state index in [1.165, 1.54) is 12.1 Å². The molecule has 0 heterocycles. The topological polar surface area (TPSA) is 102 Å². The Morgan fingerprint density at radius 1 is 1.03 bits per heavy atom. The van der Waals surface area contributed by atoms with Crippen molar-refractivity contribution in [2.24, 2.45) is 0 Å². The zero-order valence-corrected chi connectivity index (χ0v) is 18.1. The van der Waals surface area contributed by atoms with E-state index in [2.05, 4.69) is 5.32 Å². The second-order valence-electron chi connectivity index (χ2n) is 7.05. The van der Waals surface area contributed by atoms with E-state index in [1.54, 1.807) is 48.5 Å². The van der Waals surface area contributed by atoms with Crippen LogP contribution in [0.4, 0.5) is 17.1 Å². The quantitative estimate of drug-likeness (QED) is 0.311. The fraction of sp³-hybridized carbons (Fsp3) is 0.130. The number of carbonyl (C=O) groups is 2. The van der Waals surface area contributed by atoms with Gasteiger partial charge in [-0.3, -0.25) is 14.9 Å². The fourth-order valence-electron chi connectivity index (χ4n) is 2.90. The summed E-state index contributed by atoms with van der Waals surface area (Å²) >= 11 is 6.09. The number of nitrogens with one attached hydrogen (secondary N) is 1. The number of rotatable bonds is 7.